The first-order valence-electron chi connectivity index (χ1n) is 9.06. The van der Waals surface area contributed by atoms with Gasteiger partial charge in [-0.1, -0.05) is 20.8 Å². The lowest BCUT2D eigenvalue weighted by molar-refractivity contribution is -0.124. The van der Waals surface area contributed by atoms with Gasteiger partial charge in [0.1, 0.15) is 0 Å². The summed E-state index contributed by atoms with van der Waals surface area (Å²) in [5, 5.41) is 0.185. The summed E-state index contributed by atoms with van der Waals surface area (Å²) in [7, 11) is -5.32. The third kappa shape index (κ3) is 8.46. The predicted molar refractivity (Wildman–Crippen MR) is 104 cm³/mol. The van der Waals surface area contributed by atoms with E-state index in [-0.39, 0.29) is 24.0 Å². The maximum absolute atomic E-state index is 12.7. The summed E-state index contributed by atoms with van der Waals surface area (Å²) < 4.78 is 34.8. The molecule has 0 aliphatic rings. The number of hydrogen-bond acceptors (Lipinski definition) is 6. The van der Waals surface area contributed by atoms with E-state index in [1.165, 1.54) is 6.92 Å². The molecule has 150 valence electrons. The normalized spacial score (nSPS) is 14.6. The van der Waals surface area contributed by atoms with E-state index in [2.05, 4.69) is 33.9 Å². The standard InChI is InChI=1S/C17H37O6PSi/c1-9-21-24(19,22-10-2)16(15(3)18)20-13-11-12-14-23-25(7,8)17(4,5)6/h16H,9-14H2,1-8H3. The summed E-state index contributed by atoms with van der Waals surface area (Å²) in [6, 6.07) is 0. The van der Waals surface area contributed by atoms with Crippen molar-refractivity contribution in [2.75, 3.05) is 26.4 Å². The Morgan fingerprint density at radius 2 is 1.52 bits per heavy atom. The Morgan fingerprint density at radius 3 is 1.92 bits per heavy atom. The monoisotopic (exact) mass is 396 g/mol. The SMILES string of the molecule is CCOP(=O)(OCC)C(OCCCCO[Si](C)(C)C(C)(C)C)C(C)=O. The van der Waals surface area contributed by atoms with Crippen molar-refractivity contribution < 1.29 is 27.6 Å². The van der Waals surface area contributed by atoms with Crippen molar-refractivity contribution in [1.82, 2.24) is 0 Å². The van der Waals surface area contributed by atoms with Gasteiger partial charge < -0.3 is 18.2 Å². The van der Waals surface area contributed by atoms with Gasteiger partial charge in [-0.3, -0.25) is 9.36 Å². The molecule has 0 rings (SSSR count). The lowest BCUT2D eigenvalue weighted by Gasteiger charge is -2.36. The van der Waals surface area contributed by atoms with Crippen molar-refractivity contribution in [3.63, 3.8) is 0 Å². The van der Waals surface area contributed by atoms with E-state index in [0.29, 0.717) is 13.2 Å². The molecule has 1 unspecified atom stereocenters. The van der Waals surface area contributed by atoms with E-state index in [0.717, 1.165) is 12.8 Å². The summed E-state index contributed by atoms with van der Waals surface area (Å²) in [6.07, 6.45) is 1.54. The molecule has 0 aromatic heterocycles. The lowest BCUT2D eigenvalue weighted by atomic mass is 10.2. The second-order valence-corrected chi connectivity index (χ2v) is 14.4. The first-order chi connectivity index (χ1) is 11.4. The number of carbonyl (C=O) groups excluding carboxylic acids is 1. The molecule has 0 aliphatic carbocycles. The Hall–Kier alpha value is -0.0431. The number of ether oxygens (including phenoxy) is 1. The molecule has 0 saturated carbocycles. The molecule has 0 N–H and O–H groups in total. The van der Waals surface area contributed by atoms with Crippen molar-refractivity contribution in [3.8, 4) is 0 Å². The average molecular weight is 397 g/mol. The van der Waals surface area contributed by atoms with Crippen molar-refractivity contribution in [2.24, 2.45) is 0 Å². The fourth-order valence-electron chi connectivity index (χ4n) is 1.91. The zero-order chi connectivity index (χ0) is 19.7. The molecule has 0 bridgehead atoms. The molecule has 0 aromatic rings. The molecular weight excluding hydrogens is 359 g/mol. The molecule has 0 saturated heterocycles. The molecule has 0 spiro atoms. The average Bonchev–Trinajstić information content (AvgIpc) is 2.44. The fourth-order valence-corrected chi connectivity index (χ4v) is 4.79. The first-order valence-corrected chi connectivity index (χ1v) is 13.6. The van der Waals surface area contributed by atoms with Crippen LogP contribution in [0.25, 0.3) is 0 Å². The molecule has 0 amide bonds. The van der Waals surface area contributed by atoms with Crippen LogP contribution in [-0.4, -0.2) is 46.4 Å². The van der Waals surface area contributed by atoms with E-state index in [1.807, 2.05) is 0 Å². The Balaban J connectivity index is 4.43. The molecule has 0 aromatic carbocycles. The van der Waals surface area contributed by atoms with Gasteiger partial charge in [-0.15, -0.1) is 0 Å². The number of rotatable bonds is 13. The topological polar surface area (TPSA) is 71.1 Å². The van der Waals surface area contributed by atoms with Gasteiger partial charge in [-0.25, -0.2) is 0 Å². The Labute approximate surface area is 154 Å². The number of carbonyl (C=O) groups is 1. The fraction of sp³-hybridized carbons (Fsp3) is 0.941. The third-order valence-corrected chi connectivity index (χ3v) is 11.2. The minimum Gasteiger partial charge on any atom is -0.417 e. The quantitative estimate of drug-likeness (QED) is 0.248. The second kappa shape index (κ2) is 10.9. The highest BCUT2D eigenvalue weighted by Crippen LogP contribution is 2.53. The summed E-state index contributed by atoms with van der Waals surface area (Å²) in [6.45, 7) is 17.2. The van der Waals surface area contributed by atoms with E-state index in [1.54, 1.807) is 13.8 Å². The maximum atomic E-state index is 12.7. The highest BCUT2D eigenvalue weighted by molar-refractivity contribution is 7.55. The molecular formula is C17H37O6PSi. The second-order valence-electron chi connectivity index (χ2n) is 7.53. The van der Waals surface area contributed by atoms with Gasteiger partial charge in [0, 0.05) is 13.2 Å². The maximum Gasteiger partial charge on any atom is 0.366 e. The highest BCUT2D eigenvalue weighted by Gasteiger charge is 2.40. The third-order valence-electron chi connectivity index (χ3n) is 4.34. The van der Waals surface area contributed by atoms with Crippen LogP contribution in [0.5, 0.6) is 0 Å². The molecule has 0 radical (unpaired) electrons. The van der Waals surface area contributed by atoms with Crippen LogP contribution < -0.4 is 0 Å². The van der Waals surface area contributed by atoms with E-state index in [4.69, 9.17) is 18.2 Å². The summed E-state index contributed by atoms with van der Waals surface area (Å²) in [4.78, 5) is 11.8. The van der Waals surface area contributed by atoms with Crippen LogP contribution in [0.3, 0.4) is 0 Å². The number of ketones is 1. The van der Waals surface area contributed by atoms with Crippen LogP contribution in [0.4, 0.5) is 0 Å². The molecule has 6 nitrogen and oxygen atoms in total. The summed E-state index contributed by atoms with van der Waals surface area (Å²) >= 11 is 0. The van der Waals surface area contributed by atoms with E-state index < -0.39 is 21.8 Å². The van der Waals surface area contributed by atoms with E-state index in [9.17, 15) is 9.36 Å². The van der Waals surface area contributed by atoms with Crippen LogP contribution in [0.1, 0.15) is 54.4 Å². The predicted octanol–water partition coefficient (Wildman–Crippen LogP) is 4.99. The number of Topliss-reactive ketones (excluding diaryl/α,β-unsaturated/α-hetero) is 1. The lowest BCUT2D eigenvalue weighted by Crippen LogP contribution is -2.41. The molecule has 25 heavy (non-hydrogen) atoms. The van der Waals surface area contributed by atoms with Gasteiger partial charge in [-0.2, -0.15) is 0 Å². The van der Waals surface area contributed by atoms with Gasteiger partial charge in [0.2, 0.25) is 5.85 Å². The van der Waals surface area contributed by atoms with Crippen molar-refractivity contribution in [2.45, 2.75) is 78.4 Å². The molecule has 8 heteroatoms. The molecule has 0 heterocycles. The summed E-state index contributed by atoms with van der Waals surface area (Å²) in [5.41, 5.74) is 0. The zero-order valence-electron chi connectivity index (χ0n) is 17.2. The van der Waals surface area contributed by atoms with Crippen molar-refractivity contribution >= 4 is 21.7 Å². The number of unbranched alkanes of at least 4 members (excludes halogenated alkanes) is 1. The Kier molecular flexibility index (Phi) is 10.9. The van der Waals surface area contributed by atoms with Crippen LogP contribution in [0, 0.1) is 0 Å². The minimum atomic E-state index is -3.59. The smallest absolute Gasteiger partial charge is 0.366 e. The Bertz CT molecular complexity index is 437. The largest absolute Gasteiger partial charge is 0.417 e. The zero-order valence-corrected chi connectivity index (χ0v) is 19.1. The van der Waals surface area contributed by atoms with Gasteiger partial charge >= 0.3 is 7.60 Å². The van der Waals surface area contributed by atoms with Crippen molar-refractivity contribution in [1.29, 1.82) is 0 Å². The summed E-state index contributed by atoms with van der Waals surface area (Å²) in [5.74, 6) is -1.50. The van der Waals surface area contributed by atoms with Gasteiger partial charge in [-0.05, 0) is 51.7 Å². The van der Waals surface area contributed by atoms with Crippen molar-refractivity contribution in [3.05, 3.63) is 0 Å². The van der Waals surface area contributed by atoms with E-state index >= 15 is 0 Å². The molecule has 1 atom stereocenters. The van der Waals surface area contributed by atoms with Gasteiger partial charge in [0.25, 0.3) is 0 Å². The highest BCUT2D eigenvalue weighted by atomic mass is 31.2. The molecule has 0 fully saturated rings. The van der Waals surface area contributed by atoms with Gasteiger partial charge in [0.05, 0.1) is 13.2 Å². The Morgan fingerprint density at radius 1 is 1.04 bits per heavy atom. The van der Waals surface area contributed by atoms with Crippen LogP contribution in [0.2, 0.25) is 18.1 Å². The minimum absolute atomic E-state index is 0.185. The van der Waals surface area contributed by atoms with Gasteiger partial charge in [0.15, 0.2) is 14.1 Å². The first kappa shape index (κ1) is 25.0. The van der Waals surface area contributed by atoms with Crippen LogP contribution in [-0.2, 0) is 27.6 Å². The molecule has 0 aliphatic heterocycles. The van der Waals surface area contributed by atoms with Crippen LogP contribution >= 0.6 is 7.60 Å². The number of hydrogen-bond donors (Lipinski definition) is 0. The van der Waals surface area contributed by atoms with Crippen LogP contribution in [0.15, 0.2) is 0 Å².